The molecule has 1 saturated carbocycles. The van der Waals surface area contributed by atoms with Crippen LogP contribution in [0.1, 0.15) is 47.2 Å². The normalized spacial score (nSPS) is 26.5. The first kappa shape index (κ1) is 34.0. The number of rotatable bonds is 6. The van der Waals surface area contributed by atoms with Crippen LogP contribution in [0.15, 0.2) is 107 Å². The highest BCUT2D eigenvalue weighted by molar-refractivity contribution is 9.10. The number of hydrogen-bond acceptors (Lipinski definition) is 7. The molecule has 3 fully saturated rings. The van der Waals surface area contributed by atoms with E-state index >= 15 is 4.79 Å². The maximum Gasteiger partial charge on any atom is 0.246 e. The average molecular weight is 780 g/mol. The summed E-state index contributed by atoms with van der Waals surface area (Å²) in [5, 5.41) is 11.2. The zero-order valence-electron chi connectivity index (χ0n) is 28.1. The maximum absolute atomic E-state index is 15.4. The minimum absolute atomic E-state index is 0.126. The van der Waals surface area contributed by atoms with Gasteiger partial charge < -0.3 is 9.84 Å². The molecular formula is C41H32BrClN2O7. The van der Waals surface area contributed by atoms with Crippen LogP contribution in [0.4, 0.5) is 11.4 Å². The molecule has 262 valence electrons. The number of ketones is 1. The van der Waals surface area contributed by atoms with Gasteiger partial charge in [0.25, 0.3) is 0 Å². The van der Waals surface area contributed by atoms with Gasteiger partial charge in [-0.05, 0) is 107 Å². The number of methoxy groups -OCH3 is 1. The summed E-state index contributed by atoms with van der Waals surface area (Å²) in [6.45, 7) is 1.45. The van der Waals surface area contributed by atoms with Crippen molar-refractivity contribution in [2.24, 2.45) is 23.7 Å². The van der Waals surface area contributed by atoms with E-state index in [2.05, 4.69) is 15.9 Å². The largest absolute Gasteiger partial charge is 0.503 e. The highest BCUT2D eigenvalue weighted by Crippen LogP contribution is 2.65. The predicted molar refractivity (Wildman–Crippen MR) is 197 cm³/mol. The lowest BCUT2D eigenvalue weighted by Gasteiger charge is -2.50. The van der Waals surface area contributed by atoms with Crippen molar-refractivity contribution in [3.63, 3.8) is 0 Å². The quantitative estimate of drug-likeness (QED) is 0.123. The molecule has 6 atom stereocenters. The Hall–Kier alpha value is -5.06. The highest BCUT2D eigenvalue weighted by atomic mass is 79.9. The Morgan fingerprint density at radius 1 is 0.865 bits per heavy atom. The van der Waals surface area contributed by atoms with E-state index in [9.17, 15) is 24.3 Å². The minimum Gasteiger partial charge on any atom is -0.503 e. The van der Waals surface area contributed by atoms with Crippen LogP contribution in [0.25, 0.3) is 0 Å². The molecule has 4 aliphatic rings. The number of fused-ring (bicyclic) bond motifs is 4. The van der Waals surface area contributed by atoms with E-state index in [-0.39, 0.29) is 41.9 Å². The van der Waals surface area contributed by atoms with Gasteiger partial charge in [-0.25, -0.2) is 4.90 Å². The molecule has 0 spiro atoms. The molecule has 0 aromatic heterocycles. The molecule has 11 heteroatoms. The van der Waals surface area contributed by atoms with E-state index in [0.717, 1.165) is 5.57 Å². The maximum atomic E-state index is 15.4. The van der Waals surface area contributed by atoms with E-state index in [1.165, 1.54) is 23.8 Å². The summed E-state index contributed by atoms with van der Waals surface area (Å²) in [4.78, 5) is 73.3. The topological polar surface area (TPSA) is 121 Å². The SMILES string of the molecule is COc1cc([C@H]2C3=CC[C@@H]4C(=O)N(c5ccc(C(C)=O)cc5)C(=O)[C@@H]4[C@@H]3C[C@H]3C(=O)N(c4cccc(Cl)c4)C(=O)[C@@]23c2ccccc2)cc(Br)c1O. The van der Waals surface area contributed by atoms with Gasteiger partial charge in [-0.1, -0.05) is 59.6 Å². The smallest absolute Gasteiger partial charge is 0.246 e. The summed E-state index contributed by atoms with van der Waals surface area (Å²) >= 11 is 9.88. The molecule has 2 aliphatic heterocycles. The number of nitrogens with zero attached hydrogens (tertiary/aromatic N) is 2. The molecule has 0 radical (unpaired) electrons. The fraction of sp³-hybridized carbons (Fsp3) is 0.244. The van der Waals surface area contributed by atoms with E-state index in [4.69, 9.17) is 16.3 Å². The first-order valence-electron chi connectivity index (χ1n) is 16.9. The number of phenolic OH excluding ortho intramolecular Hbond substituents is 1. The first-order valence-corrected chi connectivity index (χ1v) is 18.1. The van der Waals surface area contributed by atoms with Crippen molar-refractivity contribution >= 4 is 68.3 Å². The van der Waals surface area contributed by atoms with Crippen LogP contribution >= 0.6 is 27.5 Å². The molecule has 2 aliphatic carbocycles. The number of anilines is 2. The Balaban J connectivity index is 1.35. The van der Waals surface area contributed by atoms with Crippen molar-refractivity contribution in [1.29, 1.82) is 0 Å². The zero-order valence-corrected chi connectivity index (χ0v) is 30.4. The lowest BCUT2D eigenvalue weighted by atomic mass is 9.49. The van der Waals surface area contributed by atoms with Gasteiger partial charge in [0.2, 0.25) is 23.6 Å². The number of benzene rings is 4. The molecule has 2 heterocycles. The van der Waals surface area contributed by atoms with Crippen LogP contribution < -0.4 is 14.5 Å². The molecule has 0 bridgehead atoms. The molecule has 52 heavy (non-hydrogen) atoms. The Morgan fingerprint density at radius 3 is 2.27 bits per heavy atom. The predicted octanol–water partition coefficient (Wildman–Crippen LogP) is 7.39. The summed E-state index contributed by atoms with van der Waals surface area (Å²) < 4.78 is 5.91. The van der Waals surface area contributed by atoms with Gasteiger partial charge in [-0.2, -0.15) is 0 Å². The van der Waals surface area contributed by atoms with Crippen LogP contribution in [-0.4, -0.2) is 41.6 Å². The lowest BCUT2D eigenvalue weighted by Crippen LogP contribution is -2.53. The molecule has 8 rings (SSSR count). The van der Waals surface area contributed by atoms with E-state index in [1.54, 1.807) is 60.7 Å². The number of aromatic hydroxyl groups is 1. The summed E-state index contributed by atoms with van der Waals surface area (Å²) in [5.41, 5.74) is 1.66. The van der Waals surface area contributed by atoms with Crippen LogP contribution in [0.3, 0.4) is 0 Å². The van der Waals surface area contributed by atoms with E-state index in [0.29, 0.717) is 37.6 Å². The van der Waals surface area contributed by atoms with Gasteiger partial charge in [0.05, 0.1) is 46.1 Å². The van der Waals surface area contributed by atoms with E-state index < -0.39 is 46.8 Å². The number of carbonyl (C=O) groups is 5. The fourth-order valence-corrected chi connectivity index (χ4v) is 9.78. The number of ether oxygens (including phenoxy) is 1. The molecular weight excluding hydrogens is 748 g/mol. The van der Waals surface area contributed by atoms with Crippen LogP contribution in [0.5, 0.6) is 11.5 Å². The molecule has 4 aromatic carbocycles. The van der Waals surface area contributed by atoms with Gasteiger partial charge in [-0.3, -0.25) is 28.9 Å². The van der Waals surface area contributed by atoms with Crippen molar-refractivity contribution in [2.45, 2.75) is 31.1 Å². The monoisotopic (exact) mass is 778 g/mol. The Labute approximate surface area is 312 Å². The lowest BCUT2D eigenvalue weighted by molar-refractivity contribution is -0.127. The first-order chi connectivity index (χ1) is 25.0. The summed E-state index contributed by atoms with van der Waals surface area (Å²) in [5.74, 6) is -5.53. The number of halogens is 2. The Morgan fingerprint density at radius 2 is 1.60 bits per heavy atom. The molecule has 4 amide bonds. The van der Waals surface area contributed by atoms with Gasteiger partial charge in [-0.15, -0.1) is 0 Å². The Kier molecular flexibility index (Phi) is 8.23. The fourth-order valence-electron chi connectivity index (χ4n) is 9.13. The van der Waals surface area contributed by atoms with Crippen LogP contribution in [0.2, 0.25) is 5.02 Å². The van der Waals surface area contributed by atoms with Gasteiger partial charge in [0, 0.05) is 16.5 Å². The van der Waals surface area contributed by atoms with E-state index in [1.807, 2.05) is 36.4 Å². The van der Waals surface area contributed by atoms with Crippen molar-refractivity contribution in [2.75, 3.05) is 16.9 Å². The van der Waals surface area contributed by atoms with Crippen molar-refractivity contribution in [3.05, 3.63) is 129 Å². The summed E-state index contributed by atoms with van der Waals surface area (Å²) in [6.07, 6.45) is 2.34. The van der Waals surface area contributed by atoms with Gasteiger partial charge >= 0.3 is 0 Å². The van der Waals surface area contributed by atoms with Crippen molar-refractivity contribution in [3.8, 4) is 11.5 Å². The van der Waals surface area contributed by atoms with Gasteiger partial charge in [0.1, 0.15) is 0 Å². The molecule has 9 nitrogen and oxygen atoms in total. The number of imide groups is 2. The molecule has 4 aromatic rings. The number of allylic oxidation sites excluding steroid dienone is 2. The number of Topliss-reactive ketones (excluding diaryl/α,β-unsaturated/α-hetero) is 1. The minimum atomic E-state index is -1.48. The second kappa shape index (κ2) is 12.6. The average Bonchev–Trinajstić information content (AvgIpc) is 3.53. The second-order valence-corrected chi connectivity index (χ2v) is 15.1. The highest BCUT2D eigenvalue weighted by Gasteiger charge is 2.70. The van der Waals surface area contributed by atoms with Crippen molar-refractivity contribution < 1.29 is 33.8 Å². The third kappa shape index (κ3) is 4.84. The summed E-state index contributed by atoms with van der Waals surface area (Å²) in [6, 6.07) is 25.6. The van der Waals surface area contributed by atoms with Crippen LogP contribution in [-0.2, 0) is 24.6 Å². The molecule has 1 N–H and O–H groups in total. The zero-order chi connectivity index (χ0) is 36.6. The number of carbonyl (C=O) groups excluding carboxylic acids is 5. The number of phenols is 1. The molecule has 0 unspecified atom stereocenters. The summed E-state index contributed by atoms with van der Waals surface area (Å²) in [7, 11) is 1.43. The van der Waals surface area contributed by atoms with Crippen molar-refractivity contribution in [1.82, 2.24) is 0 Å². The number of amides is 4. The standard InChI is InChI=1S/C41H32BrClN2O7/c1-21(46)22-11-13-26(14-12-22)44-37(48)29-16-15-28-30(34(29)39(44)50)20-31-38(49)45(27-10-6-9-25(43)19-27)40(51)41(31,24-7-4-3-5-8-24)35(28)23-17-32(42)36(47)33(18-23)52-2/h3-15,17-19,29-31,34-35,47H,16,20H2,1-2H3/t29-,30+,31-,34-,35-,41+/m0/s1. The third-order valence-corrected chi connectivity index (χ3v) is 12.1. The van der Waals surface area contributed by atoms with Crippen LogP contribution in [0, 0.1) is 23.7 Å². The number of hydrogen-bond donors (Lipinski definition) is 1. The second-order valence-electron chi connectivity index (χ2n) is 13.8. The van der Waals surface area contributed by atoms with Gasteiger partial charge in [0.15, 0.2) is 17.3 Å². The third-order valence-electron chi connectivity index (χ3n) is 11.3. The molecule has 2 saturated heterocycles. The Bertz CT molecular complexity index is 2240.